The highest BCUT2D eigenvalue weighted by molar-refractivity contribution is 5.94. The molecular formula is C17H28N2O5. The number of rotatable bonds is 3. The molecule has 2 heterocycles. The van der Waals surface area contributed by atoms with Crippen LogP contribution in [0.3, 0.4) is 0 Å². The van der Waals surface area contributed by atoms with Crippen molar-refractivity contribution in [1.82, 2.24) is 9.80 Å². The average molecular weight is 340 g/mol. The molecule has 2 aliphatic rings. The number of likely N-dealkylation sites (tertiary alicyclic amines) is 2. The lowest BCUT2D eigenvalue weighted by atomic mass is 9.72. The molecule has 24 heavy (non-hydrogen) atoms. The number of esters is 1. The zero-order valence-electron chi connectivity index (χ0n) is 15.1. The fourth-order valence-electron chi connectivity index (χ4n) is 3.19. The van der Waals surface area contributed by atoms with Crippen LogP contribution in [0.15, 0.2) is 0 Å². The van der Waals surface area contributed by atoms with Crippen molar-refractivity contribution < 1.29 is 23.9 Å². The molecule has 136 valence electrons. The number of piperidine rings is 1. The Morgan fingerprint density at radius 2 is 1.62 bits per heavy atom. The molecule has 7 heteroatoms. The van der Waals surface area contributed by atoms with Crippen LogP contribution in [0.1, 0.15) is 47.0 Å². The van der Waals surface area contributed by atoms with Crippen molar-refractivity contribution in [3.05, 3.63) is 0 Å². The maximum atomic E-state index is 12.1. The Morgan fingerprint density at radius 3 is 2.12 bits per heavy atom. The zero-order valence-corrected chi connectivity index (χ0v) is 15.1. The standard InChI is InChI=1S/C17H28N2O5/c1-5-23-14(21)10-13(20)19-11-17(12-19)6-8-18(9-7-17)15(22)24-16(2,3)4/h5-12H2,1-4H3. The Hall–Kier alpha value is -1.79. The topological polar surface area (TPSA) is 76.2 Å². The first-order valence-corrected chi connectivity index (χ1v) is 8.55. The third-order valence-corrected chi connectivity index (χ3v) is 4.48. The van der Waals surface area contributed by atoms with Gasteiger partial charge in [-0.05, 0) is 40.5 Å². The molecule has 0 atom stereocenters. The maximum absolute atomic E-state index is 12.1. The molecule has 0 bridgehead atoms. The Balaban J connectivity index is 1.75. The summed E-state index contributed by atoms with van der Waals surface area (Å²) in [6, 6.07) is 0. The first-order chi connectivity index (χ1) is 11.1. The first-order valence-electron chi connectivity index (χ1n) is 8.55. The summed E-state index contributed by atoms with van der Waals surface area (Å²) < 4.78 is 10.2. The van der Waals surface area contributed by atoms with Crippen molar-refractivity contribution in [3.63, 3.8) is 0 Å². The van der Waals surface area contributed by atoms with E-state index in [9.17, 15) is 14.4 Å². The fraction of sp³-hybridized carbons (Fsp3) is 0.824. The maximum Gasteiger partial charge on any atom is 0.410 e. The highest BCUT2D eigenvalue weighted by Crippen LogP contribution is 2.40. The largest absolute Gasteiger partial charge is 0.466 e. The van der Waals surface area contributed by atoms with Crippen LogP contribution in [0.25, 0.3) is 0 Å². The van der Waals surface area contributed by atoms with Crippen LogP contribution in [0.4, 0.5) is 4.79 Å². The second-order valence-electron chi connectivity index (χ2n) is 7.70. The minimum absolute atomic E-state index is 0.0861. The van der Waals surface area contributed by atoms with Crippen LogP contribution < -0.4 is 0 Å². The quantitative estimate of drug-likeness (QED) is 0.578. The molecule has 0 aromatic heterocycles. The molecule has 0 radical (unpaired) electrons. The van der Waals surface area contributed by atoms with Crippen LogP contribution in [0.5, 0.6) is 0 Å². The van der Waals surface area contributed by atoms with Crippen LogP contribution in [-0.4, -0.2) is 66.2 Å². The molecule has 0 unspecified atom stereocenters. The van der Waals surface area contributed by atoms with E-state index in [1.54, 1.807) is 16.7 Å². The minimum atomic E-state index is -0.487. The smallest absolute Gasteiger partial charge is 0.410 e. The molecule has 7 nitrogen and oxygen atoms in total. The van der Waals surface area contributed by atoms with Gasteiger partial charge in [0, 0.05) is 31.6 Å². The van der Waals surface area contributed by atoms with Gasteiger partial charge in [0.25, 0.3) is 0 Å². The van der Waals surface area contributed by atoms with E-state index in [2.05, 4.69) is 0 Å². The summed E-state index contributed by atoms with van der Waals surface area (Å²) in [7, 11) is 0. The van der Waals surface area contributed by atoms with Gasteiger partial charge < -0.3 is 19.3 Å². The average Bonchev–Trinajstić information content (AvgIpc) is 2.43. The molecule has 2 amide bonds. The third kappa shape index (κ3) is 4.61. The molecule has 0 saturated carbocycles. The van der Waals surface area contributed by atoms with E-state index in [4.69, 9.17) is 9.47 Å². The molecule has 0 aromatic rings. The van der Waals surface area contributed by atoms with Crippen molar-refractivity contribution in [1.29, 1.82) is 0 Å². The number of nitrogens with zero attached hydrogens (tertiary/aromatic N) is 2. The Morgan fingerprint density at radius 1 is 1.04 bits per heavy atom. The first kappa shape index (κ1) is 18.5. The van der Waals surface area contributed by atoms with Crippen molar-refractivity contribution in [2.24, 2.45) is 5.41 Å². The number of amides is 2. The summed E-state index contributed by atoms with van der Waals surface area (Å²) in [5.41, 5.74) is -0.401. The van der Waals surface area contributed by atoms with Crippen molar-refractivity contribution in [3.8, 4) is 0 Å². The highest BCUT2D eigenvalue weighted by Gasteiger charge is 2.47. The summed E-state index contributed by atoms with van der Waals surface area (Å²) in [6.07, 6.45) is 1.26. The van der Waals surface area contributed by atoms with E-state index in [1.165, 1.54) is 0 Å². The van der Waals surface area contributed by atoms with Gasteiger partial charge in [0.2, 0.25) is 5.91 Å². The molecule has 2 saturated heterocycles. The molecule has 2 rings (SSSR count). The van der Waals surface area contributed by atoms with E-state index >= 15 is 0 Å². The van der Waals surface area contributed by atoms with Gasteiger partial charge in [0.15, 0.2) is 0 Å². The predicted octanol–water partition coefficient (Wildman–Crippen LogP) is 1.80. The molecule has 1 spiro atoms. The van der Waals surface area contributed by atoms with Crippen molar-refractivity contribution in [2.45, 2.75) is 52.6 Å². The van der Waals surface area contributed by atoms with Gasteiger partial charge in [-0.25, -0.2) is 4.79 Å². The number of hydrogen-bond donors (Lipinski definition) is 0. The van der Waals surface area contributed by atoms with Gasteiger partial charge in [-0.1, -0.05) is 0 Å². The van der Waals surface area contributed by atoms with Gasteiger partial charge in [-0.2, -0.15) is 0 Å². The summed E-state index contributed by atoms with van der Waals surface area (Å²) >= 11 is 0. The highest BCUT2D eigenvalue weighted by atomic mass is 16.6. The minimum Gasteiger partial charge on any atom is -0.466 e. The summed E-state index contributed by atoms with van der Waals surface area (Å²) in [4.78, 5) is 38.9. The second kappa shape index (κ2) is 6.99. The van der Waals surface area contributed by atoms with Gasteiger partial charge in [0.1, 0.15) is 12.0 Å². The molecular weight excluding hydrogens is 312 g/mol. The van der Waals surface area contributed by atoms with Crippen LogP contribution in [0, 0.1) is 5.41 Å². The van der Waals surface area contributed by atoms with Gasteiger partial charge in [-0.3, -0.25) is 9.59 Å². The van der Waals surface area contributed by atoms with E-state index in [-0.39, 0.29) is 30.4 Å². The Bertz CT molecular complexity index is 496. The summed E-state index contributed by atoms with van der Waals surface area (Å²) in [6.45, 7) is 10.2. The van der Waals surface area contributed by atoms with E-state index in [0.29, 0.717) is 26.2 Å². The molecule has 0 aliphatic carbocycles. The summed E-state index contributed by atoms with van der Waals surface area (Å²) in [5.74, 6) is -0.642. The lowest BCUT2D eigenvalue weighted by Crippen LogP contribution is -2.62. The van der Waals surface area contributed by atoms with Crippen LogP contribution in [0.2, 0.25) is 0 Å². The van der Waals surface area contributed by atoms with Crippen molar-refractivity contribution in [2.75, 3.05) is 32.8 Å². The van der Waals surface area contributed by atoms with Gasteiger partial charge in [-0.15, -0.1) is 0 Å². The van der Waals surface area contributed by atoms with E-state index in [0.717, 1.165) is 12.8 Å². The molecule has 2 fully saturated rings. The Labute approximate surface area is 143 Å². The normalized spacial score (nSPS) is 19.7. The fourth-order valence-corrected chi connectivity index (χ4v) is 3.19. The van der Waals surface area contributed by atoms with Gasteiger partial charge in [0.05, 0.1) is 6.61 Å². The molecule has 0 aromatic carbocycles. The van der Waals surface area contributed by atoms with Crippen LogP contribution >= 0.6 is 0 Å². The zero-order chi connectivity index (χ0) is 18.0. The van der Waals surface area contributed by atoms with E-state index < -0.39 is 11.6 Å². The molecule has 2 aliphatic heterocycles. The lowest BCUT2D eigenvalue weighted by Gasteiger charge is -2.53. The second-order valence-corrected chi connectivity index (χ2v) is 7.70. The van der Waals surface area contributed by atoms with Gasteiger partial charge >= 0.3 is 12.1 Å². The lowest BCUT2D eigenvalue weighted by molar-refractivity contribution is -0.155. The van der Waals surface area contributed by atoms with Crippen LogP contribution in [-0.2, 0) is 19.1 Å². The molecule has 0 N–H and O–H groups in total. The third-order valence-electron chi connectivity index (χ3n) is 4.48. The number of carbonyl (C=O) groups is 3. The van der Waals surface area contributed by atoms with Crippen molar-refractivity contribution >= 4 is 18.0 Å². The van der Waals surface area contributed by atoms with E-state index in [1.807, 2.05) is 20.8 Å². The summed E-state index contributed by atoms with van der Waals surface area (Å²) in [5, 5.41) is 0. The predicted molar refractivity (Wildman–Crippen MR) is 87.3 cm³/mol. The SMILES string of the molecule is CCOC(=O)CC(=O)N1CC2(CCN(C(=O)OC(C)(C)C)CC2)C1. The number of hydrogen-bond acceptors (Lipinski definition) is 5. The Kier molecular flexibility index (Phi) is 5.40. The number of carbonyl (C=O) groups excluding carboxylic acids is 3. The monoisotopic (exact) mass is 340 g/mol. The number of ether oxygens (including phenoxy) is 2.